The second-order valence-corrected chi connectivity index (χ2v) is 5.51. The molecule has 1 aromatic rings. The van der Waals surface area contributed by atoms with Crippen molar-refractivity contribution in [3.8, 4) is 6.07 Å². The maximum absolute atomic E-state index is 11.8. The molecule has 0 fully saturated rings. The first-order valence-electron chi connectivity index (χ1n) is 5.60. The van der Waals surface area contributed by atoms with Gasteiger partial charge in [0, 0.05) is 6.54 Å². The standard InChI is InChI=1S/C12H16N2O2S/c1-2-3-4-9-14-17(15,16)12-7-5-11(10-13)6-8-12/h5-8,14H,2-4,9H2,1H3. The predicted molar refractivity (Wildman–Crippen MR) is 65.9 cm³/mol. The maximum Gasteiger partial charge on any atom is 0.240 e. The van der Waals surface area contributed by atoms with Crippen LogP contribution in [0.1, 0.15) is 31.7 Å². The molecule has 1 rings (SSSR count). The van der Waals surface area contributed by atoms with Crippen LogP contribution in [0.4, 0.5) is 0 Å². The Balaban J connectivity index is 2.66. The number of benzene rings is 1. The fourth-order valence-electron chi connectivity index (χ4n) is 1.37. The highest BCUT2D eigenvalue weighted by Gasteiger charge is 2.12. The lowest BCUT2D eigenvalue weighted by Crippen LogP contribution is -2.24. The highest BCUT2D eigenvalue weighted by atomic mass is 32.2. The fraction of sp³-hybridized carbons (Fsp3) is 0.417. The van der Waals surface area contributed by atoms with Crippen LogP contribution in [-0.4, -0.2) is 15.0 Å². The van der Waals surface area contributed by atoms with E-state index in [-0.39, 0.29) is 4.90 Å². The molecule has 0 saturated carbocycles. The summed E-state index contributed by atoms with van der Waals surface area (Å²) in [5.41, 5.74) is 0.454. The van der Waals surface area contributed by atoms with E-state index in [4.69, 9.17) is 5.26 Å². The topological polar surface area (TPSA) is 70.0 Å². The molecular weight excluding hydrogens is 236 g/mol. The minimum atomic E-state index is -3.43. The van der Waals surface area contributed by atoms with Crippen molar-refractivity contribution in [3.63, 3.8) is 0 Å². The first-order chi connectivity index (χ1) is 8.10. The Labute approximate surface area is 102 Å². The third-order valence-corrected chi connectivity index (χ3v) is 3.84. The third-order valence-electron chi connectivity index (χ3n) is 2.37. The van der Waals surface area contributed by atoms with Gasteiger partial charge >= 0.3 is 0 Å². The molecule has 1 N–H and O–H groups in total. The van der Waals surface area contributed by atoms with Gasteiger partial charge in [0.05, 0.1) is 16.5 Å². The van der Waals surface area contributed by atoms with E-state index in [1.54, 1.807) is 0 Å². The van der Waals surface area contributed by atoms with Gasteiger partial charge in [0.2, 0.25) is 10.0 Å². The SMILES string of the molecule is CCCCCNS(=O)(=O)c1ccc(C#N)cc1. The molecule has 0 spiro atoms. The average molecular weight is 252 g/mol. The number of nitrogens with one attached hydrogen (secondary N) is 1. The monoisotopic (exact) mass is 252 g/mol. The van der Waals surface area contributed by atoms with Crippen molar-refractivity contribution in [1.82, 2.24) is 4.72 Å². The number of sulfonamides is 1. The number of rotatable bonds is 6. The summed E-state index contributed by atoms with van der Waals surface area (Å²) in [6.07, 6.45) is 2.90. The van der Waals surface area contributed by atoms with Crippen molar-refractivity contribution in [1.29, 1.82) is 5.26 Å². The molecule has 0 atom stereocenters. The first kappa shape index (κ1) is 13.7. The van der Waals surface area contributed by atoms with Crippen LogP contribution in [0.2, 0.25) is 0 Å². The number of unbranched alkanes of at least 4 members (excludes halogenated alkanes) is 2. The Morgan fingerprint density at radius 2 is 1.88 bits per heavy atom. The van der Waals surface area contributed by atoms with Crippen molar-refractivity contribution in [2.24, 2.45) is 0 Å². The van der Waals surface area contributed by atoms with Crippen LogP contribution in [0.15, 0.2) is 29.2 Å². The molecule has 0 unspecified atom stereocenters. The fourth-order valence-corrected chi connectivity index (χ4v) is 2.45. The molecule has 0 radical (unpaired) electrons. The molecule has 0 aliphatic heterocycles. The van der Waals surface area contributed by atoms with Gasteiger partial charge in [0.15, 0.2) is 0 Å². The zero-order valence-corrected chi connectivity index (χ0v) is 10.6. The van der Waals surface area contributed by atoms with Crippen molar-refractivity contribution in [2.75, 3.05) is 6.54 Å². The molecule has 17 heavy (non-hydrogen) atoms. The quantitative estimate of drug-likeness (QED) is 0.787. The maximum atomic E-state index is 11.8. The highest BCUT2D eigenvalue weighted by molar-refractivity contribution is 7.89. The summed E-state index contributed by atoms with van der Waals surface area (Å²) in [5, 5.41) is 8.62. The van der Waals surface area contributed by atoms with Gasteiger partial charge in [-0.2, -0.15) is 5.26 Å². The number of hydrogen-bond acceptors (Lipinski definition) is 3. The van der Waals surface area contributed by atoms with Crippen molar-refractivity contribution >= 4 is 10.0 Å². The van der Waals surface area contributed by atoms with Crippen molar-refractivity contribution in [2.45, 2.75) is 31.1 Å². The van der Waals surface area contributed by atoms with Gasteiger partial charge in [0.25, 0.3) is 0 Å². The van der Waals surface area contributed by atoms with Crippen LogP contribution >= 0.6 is 0 Å². The highest BCUT2D eigenvalue weighted by Crippen LogP contribution is 2.09. The molecule has 1 aromatic carbocycles. The number of hydrogen-bond donors (Lipinski definition) is 1. The molecule has 0 heterocycles. The van der Waals surface area contributed by atoms with Gasteiger partial charge in [-0.3, -0.25) is 0 Å². The molecule has 5 heteroatoms. The Hall–Kier alpha value is -1.38. The Bertz CT molecular complexity index is 486. The average Bonchev–Trinajstić information content (AvgIpc) is 2.35. The van der Waals surface area contributed by atoms with Gasteiger partial charge in [-0.1, -0.05) is 19.8 Å². The van der Waals surface area contributed by atoms with Crippen LogP contribution < -0.4 is 4.72 Å². The summed E-state index contributed by atoms with van der Waals surface area (Å²) in [6.45, 7) is 2.52. The van der Waals surface area contributed by atoms with Gasteiger partial charge in [-0.05, 0) is 30.7 Å². The molecule has 92 valence electrons. The van der Waals surface area contributed by atoms with Crippen molar-refractivity contribution in [3.05, 3.63) is 29.8 Å². The molecule has 0 amide bonds. The minimum absolute atomic E-state index is 0.202. The summed E-state index contributed by atoms with van der Waals surface area (Å²) >= 11 is 0. The van der Waals surface area contributed by atoms with Crippen LogP contribution in [0.5, 0.6) is 0 Å². The van der Waals surface area contributed by atoms with E-state index < -0.39 is 10.0 Å². The van der Waals surface area contributed by atoms with E-state index >= 15 is 0 Å². The van der Waals surface area contributed by atoms with Gasteiger partial charge in [-0.15, -0.1) is 0 Å². The molecule has 0 saturated heterocycles. The van der Waals surface area contributed by atoms with Crippen LogP contribution in [0.3, 0.4) is 0 Å². The van der Waals surface area contributed by atoms with E-state index in [2.05, 4.69) is 11.6 Å². The summed E-state index contributed by atoms with van der Waals surface area (Å²) in [4.78, 5) is 0.202. The lowest BCUT2D eigenvalue weighted by molar-refractivity contribution is 0.576. The summed E-state index contributed by atoms with van der Waals surface area (Å²) in [6, 6.07) is 7.84. The minimum Gasteiger partial charge on any atom is -0.211 e. The predicted octanol–water partition coefficient (Wildman–Crippen LogP) is 2.03. The summed E-state index contributed by atoms with van der Waals surface area (Å²) in [7, 11) is -3.43. The Morgan fingerprint density at radius 3 is 2.41 bits per heavy atom. The Kier molecular flexibility index (Phi) is 5.13. The summed E-state index contributed by atoms with van der Waals surface area (Å²) in [5.74, 6) is 0. The third kappa shape index (κ3) is 4.17. The molecular formula is C12H16N2O2S. The lowest BCUT2D eigenvalue weighted by Gasteiger charge is -2.06. The first-order valence-corrected chi connectivity index (χ1v) is 7.08. The number of nitrogens with zero attached hydrogens (tertiary/aromatic N) is 1. The van der Waals surface area contributed by atoms with Crippen molar-refractivity contribution < 1.29 is 8.42 Å². The molecule has 4 nitrogen and oxygen atoms in total. The molecule has 0 aliphatic rings. The van der Waals surface area contributed by atoms with E-state index in [1.165, 1.54) is 24.3 Å². The second kappa shape index (κ2) is 6.38. The van der Waals surface area contributed by atoms with Crippen LogP contribution in [0.25, 0.3) is 0 Å². The van der Waals surface area contributed by atoms with Gasteiger partial charge < -0.3 is 0 Å². The van der Waals surface area contributed by atoms with Crippen LogP contribution in [-0.2, 0) is 10.0 Å². The zero-order chi connectivity index (χ0) is 12.7. The van der Waals surface area contributed by atoms with Gasteiger partial charge in [-0.25, -0.2) is 13.1 Å². The Morgan fingerprint density at radius 1 is 1.24 bits per heavy atom. The molecule has 0 aliphatic carbocycles. The van der Waals surface area contributed by atoms with Crippen LogP contribution in [0, 0.1) is 11.3 Å². The van der Waals surface area contributed by atoms with E-state index in [1.807, 2.05) is 6.07 Å². The second-order valence-electron chi connectivity index (χ2n) is 3.74. The normalized spacial score (nSPS) is 11.1. The molecule has 0 aromatic heterocycles. The summed E-state index contributed by atoms with van der Waals surface area (Å²) < 4.78 is 26.1. The van der Waals surface area contributed by atoms with E-state index in [9.17, 15) is 8.42 Å². The molecule has 0 bridgehead atoms. The van der Waals surface area contributed by atoms with Gasteiger partial charge in [0.1, 0.15) is 0 Å². The largest absolute Gasteiger partial charge is 0.240 e. The number of nitriles is 1. The zero-order valence-electron chi connectivity index (χ0n) is 9.81. The van der Waals surface area contributed by atoms with E-state index in [0.717, 1.165) is 19.3 Å². The smallest absolute Gasteiger partial charge is 0.211 e. The lowest BCUT2D eigenvalue weighted by atomic mass is 10.2. The van der Waals surface area contributed by atoms with E-state index in [0.29, 0.717) is 12.1 Å².